The lowest BCUT2D eigenvalue weighted by Crippen LogP contribution is -2.60. The van der Waals surface area contributed by atoms with Crippen molar-refractivity contribution < 1.29 is 33.4 Å². The predicted octanol–water partition coefficient (Wildman–Crippen LogP) is 6.18. The molecular weight excluding hydrogens is 853 g/mol. The number of halogens is 2. The first-order chi connectivity index (χ1) is 29.9. The summed E-state index contributed by atoms with van der Waals surface area (Å²) in [6.07, 6.45) is 4.80. The number of imidazole rings is 1. The smallest absolute Gasteiger partial charge is 0.339 e. The molecule has 0 radical (unpaired) electrons. The number of amides is 5. The number of pyridine rings is 2. The molecule has 1 aromatic carbocycles. The number of hydrazine groups is 1. The van der Waals surface area contributed by atoms with Crippen molar-refractivity contribution in [3.8, 4) is 17.3 Å². The monoisotopic (exact) mass is 907 g/mol. The maximum absolute atomic E-state index is 14.4. The summed E-state index contributed by atoms with van der Waals surface area (Å²) in [5, 5.41) is 5.00. The number of hydrogen-bond donors (Lipinski definition) is 2. The molecule has 5 heterocycles. The van der Waals surface area contributed by atoms with Crippen LogP contribution in [0.2, 0.25) is 10.0 Å². The lowest BCUT2D eigenvalue weighted by Gasteiger charge is -2.39. The zero-order valence-electron chi connectivity index (χ0n) is 36.9. The van der Waals surface area contributed by atoms with Crippen LogP contribution in [0.3, 0.4) is 0 Å². The van der Waals surface area contributed by atoms with Crippen LogP contribution in [0.4, 0.5) is 10.5 Å². The van der Waals surface area contributed by atoms with E-state index in [9.17, 15) is 24.0 Å². The number of nitrogens with zero attached hydrogens (tertiary/aromatic N) is 7. The highest BCUT2D eigenvalue weighted by Crippen LogP contribution is 2.45. The van der Waals surface area contributed by atoms with Gasteiger partial charge in [-0.15, -0.1) is 0 Å². The molecule has 0 spiro atoms. The number of carbonyl (C=O) groups excluding carboxylic acids is 4. The van der Waals surface area contributed by atoms with Gasteiger partial charge < -0.3 is 33.6 Å². The van der Waals surface area contributed by atoms with E-state index in [4.69, 9.17) is 42.4 Å². The third kappa shape index (κ3) is 10.3. The van der Waals surface area contributed by atoms with E-state index in [2.05, 4.69) is 15.7 Å². The number of methoxy groups -OCH3 is 1. The zero-order chi connectivity index (χ0) is 45.7. The van der Waals surface area contributed by atoms with Crippen LogP contribution in [-0.4, -0.2) is 111 Å². The van der Waals surface area contributed by atoms with Gasteiger partial charge in [0, 0.05) is 49.6 Å². The molecule has 2 N–H and O–H groups in total. The molecule has 5 amide bonds. The molecule has 2 atom stereocenters. The number of nitrogens with one attached hydrogen (secondary N) is 2. The third-order valence-electron chi connectivity index (χ3n) is 10.8. The average Bonchev–Trinajstić information content (AvgIpc) is 3.93. The van der Waals surface area contributed by atoms with Gasteiger partial charge in [-0.3, -0.25) is 29.5 Å². The van der Waals surface area contributed by atoms with Gasteiger partial charge in [0.25, 0.3) is 17.4 Å². The SMILES string of the molecule is COc1ncc(C(=O)NCCOCCOCCC(=O)NN(C(=O)N2CCCC2C)C(C)(C)C)cc1-c1nc2c(n1C(C)C)C(c1ccc(Cl)cc1)N(c1cc(Cl)cn(C)c1=O)C2=O. The predicted molar refractivity (Wildman–Crippen MR) is 238 cm³/mol. The standard InChI is InChI=1S/C44H55Cl2N9O8/c1-26(2)53-37-35(42(59)54(33-23-31(46)25-51(7)41(33)58)36(37)28-11-13-30(45)14-12-28)49-38(53)32-22-29(24-48-40(32)61-8)39(57)47-16-19-63-21-20-62-18-15-34(56)50-55(44(4,5)6)43(60)52-17-9-10-27(52)3/h11-14,22-27,36H,9-10,15-21H2,1-8H3,(H,47,57)(H,50,56). The summed E-state index contributed by atoms with van der Waals surface area (Å²) >= 11 is 12.7. The maximum atomic E-state index is 14.4. The summed E-state index contributed by atoms with van der Waals surface area (Å²) in [4.78, 5) is 79.8. The molecule has 338 valence electrons. The van der Waals surface area contributed by atoms with Gasteiger partial charge in [0.05, 0.1) is 67.3 Å². The second-order valence-electron chi connectivity index (χ2n) is 16.7. The molecule has 1 saturated heterocycles. The Morgan fingerprint density at radius 2 is 1.70 bits per heavy atom. The van der Waals surface area contributed by atoms with E-state index in [1.54, 1.807) is 42.3 Å². The molecule has 1 fully saturated rings. The Hall–Kier alpha value is -5.49. The van der Waals surface area contributed by atoms with Gasteiger partial charge in [-0.25, -0.2) is 19.8 Å². The van der Waals surface area contributed by atoms with Gasteiger partial charge in [-0.1, -0.05) is 35.3 Å². The number of fused-ring (bicyclic) bond motifs is 1. The van der Waals surface area contributed by atoms with Gasteiger partial charge in [0.2, 0.25) is 11.8 Å². The molecule has 2 aliphatic heterocycles. The highest BCUT2D eigenvalue weighted by atomic mass is 35.5. The van der Waals surface area contributed by atoms with Crippen LogP contribution in [0, 0.1) is 0 Å². The van der Waals surface area contributed by atoms with E-state index in [0.717, 1.165) is 12.8 Å². The van der Waals surface area contributed by atoms with E-state index in [1.165, 1.54) is 40.0 Å². The number of hydrogen-bond acceptors (Lipinski definition) is 10. The van der Waals surface area contributed by atoms with Gasteiger partial charge in [-0.2, -0.15) is 0 Å². The van der Waals surface area contributed by atoms with Crippen LogP contribution in [0.25, 0.3) is 11.4 Å². The minimum absolute atomic E-state index is 0.0608. The molecule has 6 rings (SSSR count). The van der Waals surface area contributed by atoms with E-state index in [1.807, 2.05) is 46.1 Å². The molecule has 0 bridgehead atoms. The Balaban J connectivity index is 1.08. The van der Waals surface area contributed by atoms with E-state index in [0.29, 0.717) is 34.2 Å². The molecule has 4 aromatic rings. The summed E-state index contributed by atoms with van der Waals surface area (Å²) in [6, 6.07) is 8.94. The summed E-state index contributed by atoms with van der Waals surface area (Å²) in [6.45, 7) is 13.1. The molecule has 3 aromatic heterocycles. The summed E-state index contributed by atoms with van der Waals surface area (Å²) in [5.41, 5.74) is 3.74. The number of carbonyl (C=O) groups is 4. The third-order valence-corrected chi connectivity index (χ3v) is 11.3. The number of rotatable bonds is 15. The minimum Gasteiger partial charge on any atom is -0.480 e. The van der Waals surface area contributed by atoms with Gasteiger partial charge >= 0.3 is 6.03 Å². The highest BCUT2D eigenvalue weighted by molar-refractivity contribution is 6.31. The molecule has 0 saturated carbocycles. The van der Waals surface area contributed by atoms with Crippen LogP contribution in [0.1, 0.15) is 105 Å². The number of urea groups is 1. The summed E-state index contributed by atoms with van der Waals surface area (Å²) in [5.74, 6) is -0.730. The fourth-order valence-electron chi connectivity index (χ4n) is 7.71. The maximum Gasteiger partial charge on any atom is 0.339 e. The number of benzene rings is 1. The van der Waals surface area contributed by atoms with Crippen molar-refractivity contribution >= 4 is 52.6 Å². The summed E-state index contributed by atoms with van der Waals surface area (Å²) < 4.78 is 20.1. The number of aryl methyl sites for hydroxylation is 1. The molecular formula is C44H55Cl2N9O8. The van der Waals surface area contributed by atoms with Gasteiger partial charge in [0.15, 0.2) is 5.69 Å². The Morgan fingerprint density at radius 3 is 2.33 bits per heavy atom. The van der Waals surface area contributed by atoms with Crippen LogP contribution < -0.4 is 25.9 Å². The topological polar surface area (TPSA) is 182 Å². The quantitative estimate of drug-likeness (QED) is 0.103. The molecule has 0 aliphatic carbocycles. The second-order valence-corrected chi connectivity index (χ2v) is 17.6. The van der Waals surface area contributed by atoms with Crippen molar-refractivity contribution in [2.75, 3.05) is 51.5 Å². The lowest BCUT2D eigenvalue weighted by atomic mass is 10.0. The fraction of sp³-hybridized carbons (Fsp3) is 0.477. The van der Waals surface area contributed by atoms with Crippen molar-refractivity contribution in [1.82, 2.24) is 39.8 Å². The van der Waals surface area contributed by atoms with Crippen molar-refractivity contribution in [3.63, 3.8) is 0 Å². The molecule has 2 unspecified atom stereocenters. The highest BCUT2D eigenvalue weighted by Gasteiger charge is 2.46. The van der Waals surface area contributed by atoms with Crippen LogP contribution >= 0.6 is 23.2 Å². The zero-order valence-corrected chi connectivity index (χ0v) is 38.4. The van der Waals surface area contributed by atoms with Crippen LogP contribution in [0.15, 0.2) is 53.6 Å². The van der Waals surface area contributed by atoms with Gasteiger partial charge in [-0.05, 0) is 84.2 Å². The van der Waals surface area contributed by atoms with Crippen molar-refractivity contribution in [1.29, 1.82) is 0 Å². The normalized spacial score (nSPS) is 16.1. The van der Waals surface area contributed by atoms with Crippen LogP contribution in [-0.2, 0) is 21.3 Å². The first kappa shape index (κ1) is 47.0. The number of likely N-dealkylation sites (tertiary alicyclic amines) is 1. The van der Waals surface area contributed by atoms with Crippen molar-refractivity contribution in [2.45, 2.75) is 84.5 Å². The largest absolute Gasteiger partial charge is 0.480 e. The van der Waals surface area contributed by atoms with E-state index >= 15 is 0 Å². The first-order valence-electron chi connectivity index (χ1n) is 20.9. The lowest BCUT2D eigenvalue weighted by molar-refractivity contribution is -0.128. The number of anilines is 1. The molecule has 17 nitrogen and oxygen atoms in total. The van der Waals surface area contributed by atoms with Gasteiger partial charge in [0.1, 0.15) is 17.6 Å². The first-order valence-corrected chi connectivity index (χ1v) is 21.6. The fourth-order valence-corrected chi connectivity index (χ4v) is 8.09. The molecule has 19 heteroatoms. The van der Waals surface area contributed by atoms with Crippen molar-refractivity contribution in [3.05, 3.63) is 91.7 Å². The Bertz CT molecular complexity index is 2400. The number of aromatic nitrogens is 4. The van der Waals surface area contributed by atoms with E-state index in [-0.39, 0.29) is 91.3 Å². The molecule has 2 aliphatic rings. The minimum atomic E-state index is -0.792. The summed E-state index contributed by atoms with van der Waals surface area (Å²) in [7, 11) is 3.02. The van der Waals surface area contributed by atoms with Crippen molar-refractivity contribution in [2.24, 2.45) is 7.05 Å². The Labute approximate surface area is 376 Å². The van der Waals surface area contributed by atoms with Crippen LogP contribution in [0.5, 0.6) is 5.88 Å². The molecule has 63 heavy (non-hydrogen) atoms. The second kappa shape index (κ2) is 19.9. The Kier molecular flexibility index (Phi) is 14.9. The average molecular weight is 909 g/mol. The van der Waals surface area contributed by atoms with E-state index < -0.39 is 29.0 Å². The number of ether oxygens (including phenoxy) is 3. The Morgan fingerprint density at radius 1 is 1.00 bits per heavy atom.